The zero-order valence-corrected chi connectivity index (χ0v) is 14.1. The molecule has 2 aromatic heterocycles. The van der Waals surface area contributed by atoms with Crippen molar-refractivity contribution in [2.75, 3.05) is 0 Å². The zero-order valence-electron chi connectivity index (χ0n) is 14.1. The molecule has 0 bridgehead atoms. The summed E-state index contributed by atoms with van der Waals surface area (Å²) in [6.45, 7) is -0.103. The number of benzene rings is 2. The highest BCUT2D eigenvalue weighted by atomic mass is 19.4. The summed E-state index contributed by atoms with van der Waals surface area (Å²) in [6, 6.07) is 12.5. The number of rotatable bonds is 4. The van der Waals surface area contributed by atoms with Crippen LogP contribution in [0.25, 0.3) is 22.4 Å². The van der Waals surface area contributed by atoms with E-state index in [-0.39, 0.29) is 23.9 Å². The van der Waals surface area contributed by atoms with E-state index in [1.165, 1.54) is 18.2 Å². The number of aromatic nitrogens is 2. The van der Waals surface area contributed by atoms with Crippen molar-refractivity contribution in [3.05, 3.63) is 76.5 Å². The largest absolute Gasteiger partial charge is 0.484 e. The van der Waals surface area contributed by atoms with Crippen LogP contribution in [-0.4, -0.2) is 10.1 Å². The first-order chi connectivity index (χ1) is 13.4. The first kappa shape index (κ1) is 17.8. The minimum absolute atomic E-state index is 0.0224. The molecule has 0 saturated carbocycles. The Morgan fingerprint density at radius 1 is 1.04 bits per heavy atom. The smallest absolute Gasteiger partial charge is 0.416 e. The van der Waals surface area contributed by atoms with Gasteiger partial charge in [-0.2, -0.15) is 18.2 Å². The number of hydrogen-bond donors (Lipinski definition) is 0. The molecule has 0 N–H and O–H groups in total. The Labute approximate surface area is 155 Å². The van der Waals surface area contributed by atoms with Crippen molar-refractivity contribution >= 4 is 11.0 Å². The van der Waals surface area contributed by atoms with E-state index in [4.69, 9.17) is 13.7 Å². The molecule has 4 rings (SSSR count). The number of alkyl halides is 3. The topological polar surface area (TPSA) is 78.4 Å². The summed E-state index contributed by atoms with van der Waals surface area (Å²) < 4.78 is 54.1. The van der Waals surface area contributed by atoms with Gasteiger partial charge in [-0.1, -0.05) is 17.3 Å². The van der Waals surface area contributed by atoms with E-state index in [9.17, 15) is 18.0 Å². The summed E-state index contributed by atoms with van der Waals surface area (Å²) >= 11 is 0. The molecule has 6 nitrogen and oxygen atoms in total. The van der Waals surface area contributed by atoms with Crippen LogP contribution in [0.5, 0.6) is 5.75 Å². The lowest BCUT2D eigenvalue weighted by atomic mass is 10.1. The SMILES string of the molecule is O=c1ccc2ccc(OCc3nc(-c4cccc(C(F)(F)F)c4)no3)cc2o1. The monoisotopic (exact) mass is 388 g/mol. The van der Waals surface area contributed by atoms with Gasteiger partial charge in [0.2, 0.25) is 5.82 Å². The van der Waals surface area contributed by atoms with Crippen LogP contribution in [0.1, 0.15) is 11.5 Å². The van der Waals surface area contributed by atoms with Gasteiger partial charge >= 0.3 is 11.8 Å². The number of fused-ring (bicyclic) bond motifs is 1. The zero-order chi connectivity index (χ0) is 19.7. The van der Waals surface area contributed by atoms with E-state index in [0.29, 0.717) is 11.3 Å². The van der Waals surface area contributed by atoms with Gasteiger partial charge in [-0.3, -0.25) is 0 Å². The summed E-state index contributed by atoms with van der Waals surface area (Å²) in [6.07, 6.45) is -4.46. The minimum atomic E-state index is -4.46. The van der Waals surface area contributed by atoms with Crippen molar-refractivity contribution in [1.29, 1.82) is 0 Å². The number of hydrogen-bond acceptors (Lipinski definition) is 6. The van der Waals surface area contributed by atoms with Gasteiger partial charge in [0.1, 0.15) is 11.3 Å². The molecule has 0 aliphatic heterocycles. The average molecular weight is 388 g/mol. The molecule has 0 aliphatic carbocycles. The van der Waals surface area contributed by atoms with Gasteiger partial charge in [0.05, 0.1) is 5.56 Å². The van der Waals surface area contributed by atoms with Crippen LogP contribution in [-0.2, 0) is 12.8 Å². The van der Waals surface area contributed by atoms with Crippen LogP contribution >= 0.6 is 0 Å². The molecule has 0 aliphatic rings. The molecule has 0 saturated heterocycles. The van der Waals surface area contributed by atoms with Gasteiger partial charge in [-0.05, 0) is 30.3 Å². The van der Waals surface area contributed by atoms with Crippen LogP contribution in [0.15, 0.2) is 68.3 Å². The van der Waals surface area contributed by atoms with Gasteiger partial charge in [-0.25, -0.2) is 4.79 Å². The van der Waals surface area contributed by atoms with Gasteiger partial charge in [0.15, 0.2) is 6.61 Å². The van der Waals surface area contributed by atoms with Crippen LogP contribution in [0.2, 0.25) is 0 Å². The standard InChI is InChI=1S/C19H11F3N2O4/c20-19(21,22)13-3-1-2-12(8-13)18-23-16(28-24-18)10-26-14-6-4-11-5-7-17(25)27-15(11)9-14/h1-9H,10H2. The van der Waals surface area contributed by atoms with Crippen molar-refractivity contribution in [3.63, 3.8) is 0 Å². The minimum Gasteiger partial charge on any atom is -0.484 e. The molecule has 0 unspecified atom stereocenters. The quantitative estimate of drug-likeness (QED) is 0.481. The summed E-state index contributed by atoms with van der Waals surface area (Å²) in [5, 5.41) is 4.42. The second-order valence-electron chi connectivity index (χ2n) is 5.83. The molecule has 0 atom stereocenters. The normalized spacial score (nSPS) is 11.7. The maximum atomic E-state index is 12.8. The molecule has 0 spiro atoms. The molecule has 4 aromatic rings. The fraction of sp³-hybridized carbons (Fsp3) is 0.105. The lowest BCUT2D eigenvalue weighted by Gasteiger charge is -2.06. The van der Waals surface area contributed by atoms with E-state index >= 15 is 0 Å². The van der Waals surface area contributed by atoms with Crippen molar-refractivity contribution in [2.24, 2.45) is 0 Å². The van der Waals surface area contributed by atoms with Crippen molar-refractivity contribution in [3.8, 4) is 17.1 Å². The maximum Gasteiger partial charge on any atom is 0.416 e. The fourth-order valence-corrected chi connectivity index (χ4v) is 2.54. The van der Waals surface area contributed by atoms with E-state index < -0.39 is 17.4 Å². The molecule has 0 amide bonds. The van der Waals surface area contributed by atoms with E-state index in [0.717, 1.165) is 17.5 Å². The lowest BCUT2D eigenvalue weighted by Crippen LogP contribution is -2.04. The first-order valence-corrected chi connectivity index (χ1v) is 8.05. The Morgan fingerprint density at radius 3 is 2.68 bits per heavy atom. The molecule has 142 valence electrons. The Bertz CT molecular complexity index is 1200. The van der Waals surface area contributed by atoms with Crippen LogP contribution in [0, 0.1) is 0 Å². The highest BCUT2D eigenvalue weighted by Gasteiger charge is 2.30. The van der Waals surface area contributed by atoms with Crippen molar-refractivity contribution in [2.45, 2.75) is 12.8 Å². The van der Waals surface area contributed by atoms with E-state index in [1.54, 1.807) is 24.3 Å². The highest BCUT2D eigenvalue weighted by molar-refractivity contribution is 5.77. The molecule has 0 fully saturated rings. The predicted molar refractivity (Wildman–Crippen MR) is 91.6 cm³/mol. The molecular weight excluding hydrogens is 377 g/mol. The van der Waals surface area contributed by atoms with Gasteiger partial charge in [0, 0.05) is 23.1 Å². The second kappa shape index (κ2) is 6.84. The fourth-order valence-electron chi connectivity index (χ4n) is 2.54. The molecule has 2 aromatic carbocycles. The van der Waals surface area contributed by atoms with E-state index in [2.05, 4.69) is 10.1 Å². The molecular formula is C19H11F3N2O4. The van der Waals surface area contributed by atoms with Crippen LogP contribution in [0.4, 0.5) is 13.2 Å². The third-order valence-corrected chi connectivity index (χ3v) is 3.87. The van der Waals surface area contributed by atoms with Crippen molar-refractivity contribution in [1.82, 2.24) is 10.1 Å². The first-order valence-electron chi connectivity index (χ1n) is 8.05. The molecule has 0 radical (unpaired) electrons. The summed E-state index contributed by atoms with van der Waals surface area (Å²) in [7, 11) is 0. The third kappa shape index (κ3) is 3.73. The summed E-state index contributed by atoms with van der Waals surface area (Å²) in [5.41, 5.74) is -0.741. The van der Waals surface area contributed by atoms with Crippen LogP contribution < -0.4 is 10.4 Å². The Morgan fingerprint density at radius 2 is 1.86 bits per heavy atom. The third-order valence-electron chi connectivity index (χ3n) is 3.87. The van der Waals surface area contributed by atoms with Crippen LogP contribution in [0.3, 0.4) is 0 Å². The number of ether oxygens (including phenoxy) is 1. The Kier molecular flexibility index (Phi) is 4.34. The number of halogens is 3. The van der Waals surface area contributed by atoms with Gasteiger partial charge < -0.3 is 13.7 Å². The highest BCUT2D eigenvalue weighted by Crippen LogP contribution is 2.31. The summed E-state index contributed by atoms with van der Waals surface area (Å²) in [5.74, 6) is 0.511. The lowest BCUT2D eigenvalue weighted by molar-refractivity contribution is -0.137. The Balaban J connectivity index is 1.50. The average Bonchev–Trinajstić information content (AvgIpc) is 3.14. The van der Waals surface area contributed by atoms with E-state index in [1.807, 2.05) is 0 Å². The Hall–Kier alpha value is -3.62. The summed E-state index contributed by atoms with van der Waals surface area (Å²) in [4.78, 5) is 15.3. The molecule has 2 heterocycles. The maximum absolute atomic E-state index is 12.8. The second-order valence-corrected chi connectivity index (χ2v) is 5.83. The molecule has 9 heteroatoms. The predicted octanol–water partition coefficient (Wildman–Crippen LogP) is 4.44. The molecule has 28 heavy (non-hydrogen) atoms. The van der Waals surface area contributed by atoms with Gasteiger partial charge in [-0.15, -0.1) is 0 Å². The van der Waals surface area contributed by atoms with Crippen molar-refractivity contribution < 1.29 is 26.8 Å². The van der Waals surface area contributed by atoms with Gasteiger partial charge in [0.25, 0.3) is 5.89 Å². The number of nitrogens with zero attached hydrogens (tertiary/aromatic N) is 2.